The highest BCUT2D eigenvalue weighted by Crippen LogP contribution is 2.26. The van der Waals surface area contributed by atoms with Gasteiger partial charge in [-0.15, -0.1) is 6.58 Å². The number of carbonyl (C=O) groups is 1. The van der Waals surface area contributed by atoms with Crippen molar-refractivity contribution >= 4 is 40.7 Å². The van der Waals surface area contributed by atoms with Gasteiger partial charge in [-0.1, -0.05) is 40.9 Å². The molecule has 0 unspecified atom stereocenters. The summed E-state index contributed by atoms with van der Waals surface area (Å²) in [5.41, 5.74) is 0. The summed E-state index contributed by atoms with van der Waals surface area (Å²) in [6.45, 7) is 5.31. The highest BCUT2D eigenvalue weighted by atomic mass is 35.6. The van der Waals surface area contributed by atoms with Crippen molar-refractivity contribution in [1.29, 1.82) is 0 Å². The van der Waals surface area contributed by atoms with Crippen molar-refractivity contribution in [2.75, 3.05) is 7.11 Å². The van der Waals surface area contributed by atoms with Crippen LogP contribution in [-0.4, -0.2) is 29.0 Å². The third-order valence-electron chi connectivity index (χ3n) is 1.69. The molecule has 0 aromatic carbocycles. The van der Waals surface area contributed by atoms with Crippen LogP contribution < -0.4 is 5.32 Å². The average molecular weight is 261 g/mol. The molecule has 0 aromatic heterocycles. The number of hydrogen-bond acceptors (Lipinski definition) is 2. The van der Waals surface area contributed by atoms with Crippen LogP contribution in [0, 0.1) is 0 Å². The zero-order valence-corrected chi connectivity index (χ0v) is 10.2. The van der Waals surface area contributed by atoms with Crippen molar-refractivity contribution in [3.05, 3.63) is 12.7 Å². The van der Waals surface area contributed by atoms with Crippen molar-refractivity contribution in [3.8, 4) is 0 Å². The highest BCUT2D eigenvalue weighted by Gasteiger charge is 2.32. The molecule has 1 N–H and O–H groups in total. The van der Waals surface area contributed by atoms with Crippen LogP contribution in [0.4, 0.5) is 0 Å². The fraction of sp³-hybridized carbons (Fsp3) is 0.625. The minimum atomic E-state index is -1.96. The summed E-state index contributed by atoms with van der Waals surface area (Å²) in [4.78, 5) is 11.2. The number of carbonyl (C=O) groups excluding carboxylic acids is 1. The predicted octanol–water partition coefficient (Wildman–Crippen LogP) is 2.06. The molecule has 0 aliphatic heterocycles. The van der Waals surface area contributed by atoms with Gasteiger partial charge in [0.2, 0.25) is 0 Å². The van der Waals surface area contributed by atoms with E-state index in [1.165, 1.54) is 13.2 Å². The van der Waals surface area contributed by atoms with Gasteiger partial charge in [0.05, 0.1) is 12.1 Å². The average Bonchev–Trinajstić information content (AvgIpc) is 2.10. The summed E-state index contributed by atoms with van der Waals surface area (Å²) < 4.78 is 3.04. The molecule has 6 heteroatoms. The fourth-order valence-electron chi connectivity index (χ4n) is 0.748. The smallest absolute Gasteiger partial charge is 0.272 e. The third-order valence-corrected chi connectivity index (χ3v) is 2.20. The van der Waals surface area contributed by atoms with E-state index in [0.717, 1.165) is 0 Å². The zero-order chi connectivity index (χ0) is 11.4. The van der Waals surface area contributed by atoms with E-state index in [2.05, 4.69) is 11.9 Å². The SMILES string of the molecule is C=C[C@H](NC(=O)C(Cl)(Cl)Cl)[C@H](C)OC. The Bertz CT molecular complexity index is 215. The minimum absolute atomic E-state index is 0.233. The second-order valence-electron chi connectivity index (χ2n) is 2.67. The lowest BCUT2D eigenvalue weighted by Gasteiger charge is -2.22. The highest BCUT2D eigenvalue weighted by molar-refractivity contribution is 6.76. The maximum atomic E-state index is 11.2. The first kappa shape index (κ1) is 14.0. The molecule has 0 saturated heterocycles. The monoisotopic (exact) mass is 259 g/mol. The Kier molecular flexibility index (Phi) is 5.83. The molecule has 82 valence electrons. The van der Waals surface area contributed by atoms with Crippen LogP contribution in [0.5, 0.6) is 0 Å². The molecule has 0 saturated carbocycles. The Morgan fingerprint density at radius 1 is 1.57 bits per heavy atom. The van der Waals surface area contributed by atoms with Crippen molar-refractivity contribution < 1.29 is 9.53 Å². The molecule has 0 radical (unpaired) electrons. The summed E-state index contributed by atoms with van der Waals surface area (Å²) in [5, 5.41) is 2.48. The number of nitrogens with one attached hydrogen (secondary N) is 1. The van der Waals surface area contributed by atoms with Gasteiger partial charge >= 0.3 is 0 Å². The van der Waals surface area contributed by atoms with Gasteiger partial charge in [-0.3, -0.25) is 4.79 Å². The van der Waals surface area contributed by atoms with Gasteiger partial charge in [-0.25, -0.2) is 0 Å². The van der Waals surface area contributed by atoms with Crippen LogP contribution in [0.2, 0.25) is 0 Å². The fourth-order valence-corrected chi connectivity index (χ4v) is 0.911. The van der Waals surface area contributed by atoms with Gasteiger partial charge in [0.25, 0.3) is 9.70 Å². The summed E-state index contributed by atoms with van der Waals surface area (Å²) in [5.74, 6) is -0.698. The predicted molar refractivity (Wildman–Crippen MR) is 58.9 cm³/mol. The number of amides is 1. The normalized spacial score (nSPS) is 15.8. The lowest BCUT2D eigenvalue weighted by atomic mass is 10.2. The van der Waals surface area contributed by atoms with Gasteiger partial charge in [-0.2, -0.15) is 0 Å². The molecule has 0 rings (SSSR count). The molecule has 0 spiro atoms. The van der Waals surface area contributed by atoms with Crippen molar-refractivity contribution in [2.45, 2.75) is 22.9 Å². The molecule has 0 aliphatic carbocycles. The Morgan fingerprint density at radius 3 is 2.36 bits per heavy atom. The molecule has 0 aromatic rings. The van der Waals surface area contributed by atoms with Crippen LogP contribution >= 0.6 is 34.8 Å². The van der Waals surface area contributed by atoms with Gasteiger partial charge in [-0.05, 0) is 6.92 Å². The standard InChI is InChI=1S/C8H12Cl3NO2/c1-4-6(5(2)14-3)12-7(13)8(9,10)11/h4-6H,1H2,2-3H3,(H,12,13)/t5-,6-/m0/s1. The number of rotatable bonds is 4. The zero-order valence-electron chi connectivity index (χ0n) is 7.89. The third kappa shape index (κ3) is 4.51. The van der Waals surface area contributed by atoms with Crippen LogP contribution in [0.1, 0.15) is 6.92 Å². The first-order valence-electron chi connectivity index (χ1n) is 3.86. The summed E-state index contributed by atoms with van der Waals surface area (Å²) >= 11 is 16.1. The minimum Gasteiger partial charge on any atom is -0.379 e. The van der Waals surface area contributed by atoms with Crippen molar-refractivity contribution in [3.63, 3.8) is 0 Å². The molecule has 3 nitrogen and oxygen atoms in total. The van der Waals surface area contributed by atoms with Crippen LogP contribution in [0.3, 0.4) is 0 Å². The Balaban J connectivity index is 4.33. The van der Waals surface area contributed by atoms with E-state index in [4.69, 9.17) is 39.5 Å². The van der Waals surface area contributed by atoms with Crippen molar-refractivity contribution in [2.24, 2.45) is 0 Å². The van der Waals surface area contributed by atoms with E-state index in [1.807, 2.05) is 0 Å². The molecule has 2 atom stereocenters. The van der Waals surface area contributed by atoms with E-state index in [0.29, 0.717) is 0 Å². The molecule has 0 fully saturated rings. The summed E-state index contributed by atoms with van der Waals surface area (Å²) in [7, 11) is 1.52. The first-order chi connectivity index (χ1) is 6.32. The molecule has 0 aliphatic rings. The summed E-state index contributed by atoms with van der Waals surface area (Å²) in [6.07, 6.45) is 1.28. The Morgan fingerprint density at radius 2 is 2.07 bits per heavy atom. The molecule has 0 heterocycles. The van der Waals surface area contributed by atoms with E-state index in [1.54, 1.807) is 6.92 Å². The molecule has 1 amide bonds. The van der Waals surface area contributed by atoms with Crippen LogP contribution in [-0.2, 0) is 9.53 Å². The first-order valence-corrected chi connectivity index (χ1v) is 4.99. The molecule has 14 heavy (non-hydrogen) atoms. The van der Waals surface area contributed by atoms with Gasteiger partial charge in [0.1, 0.15) is 0 Å². The van der Waals surface area contributed by atoms with Gasteiger partial charge in [0.15, 0.2) is 0 Å². The maximum Gasteiger partial charge on any atom is 0.272 e. The number of halogens is 3. The Labute approximate surface area is 98.3 Å². The summed E-state index contributed by atoms with van der Waals surface area (Å²) in [6, 6.07) is -0.386. The largest absolute Gasteiger partial charge is 0.379 e. The van der Waals surface area contributed by atoms with Gasteiger partial charge in [0, 0.05) is 7.11 Å². The Hall–Kier alpha value is 0.0400. The van der Waals surface area contributed by atoms with Crippen LogP contribution in [0.25, 0.3) is 0 Å². The molecular weight excluding hydrogens is 248 g/mol. The van der Waals surface area contributed by atoms with E-state index < -0.39 is 9.70 Å². The van der Waals surface area contributed by atoms with E-state index >= 15 is 0 Å². The second kappa shape index (κ2) is 5.81. The number of ether oxygens (including phenoxy) is 1. The van der Waals surface area contributed by atoms with Gasteiger partial charge < -0.3 is 10.1 Å². The maximum absolute atomic E-state index is 11.2. The van der Waals surface area contributed by atoms with Crippen molar-refractivity contribution in [1.82, 2.24) is 5.32 Å². The number of methoxy groups -OCH3 is 1. The topological polar surface area (TPSA) is 38.3 Å². The second-order valence-corrected chi connectivity index (χ2v) is 4.95. The quantitative estimate of drug-likeness (QED) is 0.621. The number of alkyl halides is 3. The lowest BCUT2D eigenvalue weighted by Crippen LogP contribution is -2.46. The lowest BCUT2D eigenvalue weighted by molar-refractivity contribution is -0.121. The number of hydrogen-bond donors (Lipinski definition) is 1. The van der Waals surface area contributed by atoms with E-state index in [-0.39, 0.29) is 12.1 Å². The molecular formula is C8H12Cl3NO2. The molecule has 0 bridgehead atoms. The van der Waals surface area contributed by atoms with Crippen LogP contribution in [0.15, 0.2) is 12.7 Å². The van der Waals surface area contributed by atoms with E-state index in [9.17, 15) is 4.79 Å².